The lowest BCUT2D eigenvalue weighted by atomic mass is 9.85. The molecule has 3 heteroatoms. The van der Waals surface area contributed by atoms with Crippen molar-refractivity contribution in [2.45, 2.75) is 31.9 Å². The van der Waals surface area contributed by atoms with Crippen molar-refractivity contribution >= 4 is 0 Å². The van der Waals surface area contributed by atoms with Crippen LogP contribution in [0.4, 0.5) is 0 Å². The van der Waals surface area contributed by atoms with E-state index in [1.807, 2.05) is 37.3 Å². The zero-order valence-electron chi connectivity index (χ0n) is 12.8. The van der Waals surface area contributed by atoms with Crippen LogP contribution in [0.25, 0.3) is 0 Å². The summed E-state index contributed by atoms with van der Waals surface area (Å²) in [5.41, 5.74) is 1.26. The van der Waals surface area contributed by atoms with Crippen molar-refractivity contribution in [3.8, 4) is 6.07 Å². The summed E-state index contributed by atoms with van der Waals surface area (Å²) in [4.78, 5) is 2.12. The summed E-state index contributed by atoms with van der Waals surface area (Å²) in [5.74, 6) is 0. The molecule has 2 rings (SSSR count). The fraction of sp³-hybridized carbons (Fsp3) is 0.333. The van der Waals surface area contributed by atoms with Gasteiger partial charge in [0.1, 0.15) is 0 Å². The molecule has 0 aromatic heterocycles. The molecule has 0 saturated carbocycles. The molecule has 0 aliphatic carbocycles. The van der Waals surface area contributed by atoms with Gasteiger partial charge in [0.25, 0.3) is 0 Å². The first-order valence-electron chi connectivity index (χ1n) is 6.98. The Kier molecular flexibility index (Phi) is 3.93. The van der Waals surface area contributed by atoms with E-state index < -0.39 is 11.1 Å². The van der Waals surface area contributed by atoms with Crippen LogP contribution in [0.5, 0.6) is 0 Å². The number of benzene rings is 1. The van der Waals surface area contributed by atoms with Gasteiger partial charge in [-0.15, -0.1) is 0 Å². The summed E-state index contributed by atoms with van der Waals surface area (Å²) in [6, 6.07) is 9.77. The predicted molar refractivity (Wildman–Crippen MR) is 84.1 cm³/mol. The molecule has 2 unspecified atom stereocenters. The summed E-state index contributed by atoms with van der Waals surface area (Å²) >= 11 is 0. The summed E-state index contributed by atoms with van der Waals surface area (Å²) in [5, 5.41) is 19.2. The number of hydrogen-bond donors (Lipinski definition) is 1. The van der Waals surface area contributed by atoms with Gasteiger partial charge in [-0.2, -0.15) is 5.26 Å². The van der Waals surface area contributed by atoms with E-state index in [-0.39, 0.29) is 0 Å². The van der Waals surface area contributed by atoms with Gasteiger partial charge in [-0.25, -0.2) is 0 Å². The van der Waals surface area contributed by atoms with Crippen molar-refractivity contribution in [1.29, 1.82) is 5.26 Å². The van der Waals surface area contributed by atoms with Crippen LogP contribution < -0.4 is 0 Å². The molecule has 0 amide bonds. The lowest BCUT2D eigenvalue weighted by Crippen LogP contribution is -2.49. The van der Waals surface area contributed by atoms with Crippen molar-refractivity contribution in [3.05, 3.63) is 66.2 Å². The van der Waals surface area contributed by atoms with Gasteiger partial charge in [0.05, 0.1) is 22.8 Å². The molecular weight excluding hydrogens is 260 g/mol. The molecule has 3 nitrogen and oxygen atoms in total. The van der Waals surface area contributed by atoms with Gasteiger partial charge in [-0.05, 0) is 51.5 Å². The van der Waals surface area contributed by atoms with Gasteiger partial charge in [-0.3, -0.25) is 0 Å². The lowest BCUT2D eigenvalue weighted by molar-refractivity contribution is 0.0411. The molecular formula is C18H21N2O. The van der Waals surface area contributed by atoms with Crippen molar-refractivity contribution in [2.75, 3.05) is 6.54 Å². The Balaban J connectivity index is 2.48. The molecule has 1 aliphatic rings. The second-order valence-corrected chi connectivity index (χ2v) is 6.09. The topological polar surface area (TPSA) is 47.3 Å². The number of nitrogens with zero attached hydrogens (tertiary/aromatic N) is 2. The number of aliphatic hydroxyl groups is 1. The molecule has 1 aromatic rings. The van der Waals surface area contributed by atoms with E-state index in [0.717, 1.165) is 11.3 Å². The Bertz CT molecular complexity index is 631. The highest BCUT2D eigenvalue weighted by molar-refractivity contribution is 5.41. The molecule has 1 aromatic carbocycles. The van der Waals surface area contributed by atoms with E-state index in [0.29, 0.717) is 12.1 Å². The highest BCUT2D eigenvalue weighted by Gasteiger charge is 2.36. The van der Waals surface area contributed by atoms with E-state index >= 15 is 0 Å². The Labute approximate surface area is 126 Å². The zero-order valence-corrected chi connectivity index (χ0v) is 12.8. The summed E-state index contributed by atoms with van der Waals surface area (Å²) in [7, 11) is 0. The van der Waals surface area contributed by atoms with Gasteiger partial charge < -0.3 is 10.0 Å². The standard InChI is InChI=1S/C18H21N2O/c1-14-7-6-10-18(4,20(14)13-17(2,3)21)16-9-5-8-15(11-16)12-19/h5-11,21H,2,13H2,1,3-4H3. The lowest BCUT2D eigenvalue weighted by Gasteiger charge is -2.46. The SMILES string of the molecule is [CH2]C(C)(O)CN1C(C)=CC=CC1(C)c1cccc(C#N)c1. The van der Waals surface area contributed by atoms with Crippen LogP contribution in [0, 0.1) is 18.3 Å². The Hall–Kier alpha value is -2.05. The van der Waals surface area contributed by atoms with E-state index in [4.69, 9.17) is 5.26 Å². The number of rotatable bonds is 3. The average molecular weight is 281 g/mol. The molecule has 1 aliphatic heterocycles. The normalized spacial score (nSPS) is 21.9. The molecule has 0 fully saturated rings. The highest BCUT2D eigenvalue weighted by Crippen LogP contribution is 2.36. The maximum Gasteiger partial charge on any atom is 0.0991 e. The van der Waals surface area contributed by atoms with Crippen LogP contribution in [-0.4, -0.2) is 22.2 Å². The third-order valence-corrected chi connectivity index (χ3v) is 3.82. The summed E-state index contributed by atoms with van der Waals surface area (Å²) < 4.78 is 0. The molecule has 0 bridgehead atoms. The van der Waals surface area contributed by atoms with E-state index in [2.05, 4.69) is 30.9 Å². The highest BCUT2D eigenvalue weighted by atomic mass is 16.3. The maximum atomic E-state index is 10.1. The molecule has 1 radical (unpaired) electrons. The van der Waals surface area contributed by atoms with Gasteiger partial charge in [0.15, 0.2) is 0 Å². The van der Waals surface area contributed by atoms with Crippen molar-refractivity contribution in [2.24, 2.45) is 0 Å². The van der Waals surface area contributed by atoms with Crippen LogP contribution in [0.15, 0.2) is 48.2 Å². The van der Waals surface area contributed by atoms with Gasteiger partial charge >= 0.3 is 0 Å². The molecule has 2 atom stereocenters. The molecule has 0 saturated heterocycles. The monoisotopic (exact) mass is 281 g/mol. The molecule has 0 spiro atoms. The minimum Gasteiger partial charge on any atom is -0.388 e. The minimum absolute atomic E-state index is 0.409. The molecule has 109 valence electrons. The van der Waals surface area contributed by atoms with E-state index in [9.17, 15) is 5.11 Å². The average Bonchev–Trinajstić information content (AvgIpc) is 2.42. The summed E-state index contributed by atoms with van der Waals surface area (Å²) in [6.07, 6.45) is 6.12. The second-order valence-electron chi connectivity index (χ2n) is 6.09. The van der Waals surface area contributed by atoms with Crippen molar-refractivity contribution in [3.63, 3.8) is 0 Å². The number of hydrogen-bond acceptors (Lipinski definition) is 3. The molecule has 21 heavy (non-hydrogen) atoms. The quantitative estimate of drug-likeness (QED) is 0.926. The van der Waals surface area contributed by atoms with Crippen LogP contribution in [-0.2, 0) is 5.54 Å². The fourth-order valence-corrected chi connectivity index (χ4v) is 2.71. The smallest absolute Gasteiger partial charge is 0.0991 e. The first-order chi connectivity index (χ1) is 9.76. The third kappa shape index (κ3) is 3.17. The number of nitriles is 1. The predicted octanol–water partition coefficient (Wildman–Crippen LogP) is 3.13. The van der Waals surface area contributed by atoms with Crippen molar-refractivity contribution < 1.29 is 5.11 Å². The number of β-amino-alcohol motifs (C(OH)–C–C–N with tert-alkyl or cyclic N) is 1. The first-order valence-corrected chi connectivity index (χ1v) is 6.98. The van der Waals surface area contributed by atoms with Crippen LogP contribution in [0.2, 0.25) is 0 Å². The van der Waals surface area contributed by atoms with Crippen molar-refractivity contribution in [1.82, 2.24) is 4.90 Å². The van der Waals surface area contributed by atoms with Crippen LogP contribution in [0.3, 0.4) is 0 Å². The zero-order chi connectivity index (χ0) is 15.7. The van der Waals surface area contributed by atoms with E-state index in [1.165, 1.54) is 0 Å². The van der Waals surface area contributed by atoms with Gasteiger partial charge in [0.2, 0.25) is 0 Å². The Morgan fingerprint density at radius 2 is 2.19 bits per heavy atom. The fourth-order valence-electron chi connectivity index (χ4n) is 2.71. The second kappa shape index (κ2) is 5.38. The molecule has 1 N–H and O–H groups in total. The molecule has 1 heterocycles. The van der Waals surface area contributed by atoms with Gasteiger partial charge in [0, 0.05) is 12.2 Å². The van der Waals surface area contributed by atoms with E-state index in [1.54, 1.807) is 13.0 Å². The van der Waals surface area contributed by atoms with Crippen LogP contribution in [0.1, 0.15) is 31.9 Å². The maximum absolute atomic E-state index is 10.1. The first kappa shape index (κ1) is 15.3. The summed E-state index contributed by atoms with van der Waals surface area (Å²) in [6.45, 7) is 10.0. The Morgan fingerprint density at radius 1 is 1.48 bits per heavy atom. The third-order valence-electron chi connectivity index (χ3n) is 3.82. The van der Waals surface area contributed by atoms with Crippen LogP contribution >= 0.6 is 0 Å². The minimum atomic E-state index is -1.05. The van der Waals surface area contributed by atoms with Gasteiger partial charge in [-0.1, -0.05) is 24.3 Å². The largest absolute Gasteiger partial charge is 0.388 e. The Morgan fingerprint density at radius 3 is 2.81 bits per heavy atom. The number of allylic oxidation sites excluding steroid dienone is 3.